The Morgan fingerprint density at radius 3 is 1.53 bits per heavy atom. The van der Waals surface area contributed by atoms with Gasteiger partial charge >= 0.3 is 5.51 Å². The first-order chi connectivity index (χ1) is 8.88. The van der Waals surface area contributed by atoms with Crippen LogP contribution in [-0.2, 0) is 5.51 Å². The third-order valence-corrected chi connectivity index (χ3v) is 4.90. The smallest absolute Gasteiger partial charge is 0.207 e. The first-order valence-electron chi connectivity index (χ1n) is 5.28. The molecule has 3 aromatic rings. The van der Waals surface area contributed by atoms with Crippen LogP contribution >= 0.6 is 10.5 Å². The van der Waals surface area contributed by atoms with Crippen molar-refractivity contribution in [2.24, 2.45) is 0 Å². The summed E-state index contributed by atoms with van der Waals surface area (Å²) in [6, 6.07) is 6.27. The van der Waals surface area contributed by atoms with Gasteiger partial charge in [-0.3, -0.25) is 0 Å². The summed E-state index contributed by atoms with van der Waals surface area (Å²) in [5.74, 6) is -1.27. The highest BCUT2D eigenvalue weighted by Crippen LogP contribution is 2.53. The van der Waals surface area contributed by atoms with Crippen LogP contribution in [0.4, 0.5) is 22.0 Å². The number of fused-ring (bicyclic) bond motifs is 3. The average molecular weight is 289 g/mol. The second-order valence-electron chi connectivity index (χ2n) is 4.03. The molecule has 0 aliphatic carbocycles. The molecular weight excluding hydrogens is 283 g/mol. The molecule has 6 heteroatoms. The lowest BCUT2D eigenvalue weighted by Crippen LogP contribution is -1.95. The molecule has 0 saturated heterocycles. The van der Waals surface area contributed by atoms with Gasteiger partial charge in [0.05, 0.1) is 10.8 Å². The summed E-state index contributed by atoms with van der Waals surface area (Å²) >= 11 is 0. The second kappa shape index (κ2) is 3.90. The Kier molecular flexibility index (Phi) is 2.53. The van der Waals surface area contributed by atoms with E-state index in [1.54, 1.807) is 0 Å². The summed E-state index contributed by atoms with van der Waals surface area (Å²) in [6.45, 7) is 0. The van der Waals surface area contributed by atoms with Crippen molar-refractivity contribution in [3.8, 4) is 0 Å². The Bertz CT molecular complexity index is 726. The van der Waals surface area contributed by atoms with Gasteiger partial charge in [-0.05, 0) is 24.3 Å². The lowest BCUT2D eigenvalue weighted by atomic mass is 10.1. The molecule has 0 radical (unpaired) electrons. The Balaban J connectivity index is 2.58. The second-order valence-corrected chi connectivity index (χ2v) is 5.99. The molecule has 0 saturated carbocycles. The topological polar surface area (TPSA) is 0 Å². The van der Waals surface area contributed by atoms with E-state index < -0.39 is 27.6 Å². The van der Waals surface area contributed by atoms with Crippen LogP contribution in [0.1, 0.15) is 0 Å². The van der Waals surface area contributed by atoms with Crippen molar-refractivity contribution in [3.05, 3.63) is 48.0 Å². The fourth-order valence-corrected chi connectivity index (χ4v) is 4.07. The van der Waals surface area contributed by atoms with Crippen molar-refractivity contribution >= 4 is 30.6 Å². The van der Waals surface area contributed by atoms with Gasteiger partial charge in [-0.1, -0.05) is 0 Å². The van der Waals surface area contributed by atoms with Crippen molar-refractivity contribution in [2.75, 3.05) is 0 Å². The van der Waals surface area contributed by atoms with Crippen LogP contribution < -0.4 is 0 Å². The maximum Gasteiger partial charge on any atom is 0.601 e. The molecule has 0 N–H and O–H groups in total. The molecule has 1 aromatic heterocycles. The molecule has 19 heavy (non-hydrogen) atoms. The fourth-order valence-electron chi connectivity index (χ4n) is 2.15. The standard InChI is InChI=1S/C13H6F5S/c14-7-1-3-11-9(5-7)10-6-8(15)2-4-12(10)19(11)13(16,17)18/h1-6H/q+1. The lowest BCUT2D eigenvalue weighted by Gasteiger charge is -1.96. The first-order valence-corrected chi connectivity index (χ1v) is 6.51. The van der Waals surface area contributed by atoms with Crippen LogP contribution in [-0.4, -0.2) is 0 Å². The number of thiophene rings is 1. The van der Waals surface area contributed by atoms with Crippen molar-refractivity contribution < 1.29 is 22.0 Å². The van der Waals surface area contributed by atoms with Gasteiger partial charge in [0.15, 0.2) is 9.40 Å². The SMILES string of the molecule is Fc1ccc2c(c1)c1cc(F)ccc1[s+]2C(F)(F)F. The van der Waals surface area contributed by atoms with Crippen LogP contribution in [0.15, 0.2) is 36.4 Å². The Morgan fingerprint density at radius 1 is 0.737 bits per heavy atom. The number of halogens is 5. The highest BCUT2D eigenvalue weighted by Gasteiger charge is 2.47. The van der Waals surface area contributed by atoms with Crippen LogP contribution in [0.5, 0.6) is 0 Å². The first kappa shape index (κ1) is 12.3. The summed E-state index contributed by atoms with van der Waals surface area (Å²) in [5, 5.41) is 0.241. The molecule has 0 bridgehead atoms. The van der Waals surface area contributed by atoms with Gasteiger partial charge in [0, 0.05) is 12.1 Å². The zero-order valence-corrected chi connectivity index (χ0v) is 10.1. The molecule has 2 aromatic carbocycles. The van der Waals surface area contributed by atoms with Crippen LogP contribution in [0.2, 0.25) is 0 Å². The molecule has 0 spiro atoms. The molecule has 1 heterocycles. The van der Waals surface area contributed by atoms with Crippen molar-refractivity contribution in [1.29, 1.82) is 0 Å². The molecule has 3 rings (SSSR count). The van der Waals surface area contributed by atoms with Gasteiger partial charge in [0.2, 0.25) is 0 Å². The van der Waals surface area contributed by atoms with E-state index in [4.69, 9.17) is 0 Å². The minimum atomic E-state index is -4.46. The predicted octanol–water partition coefficient (Wildman–Crippen LogP) is 5.50. The number of benzene rings is 2. The summed E-state index contributed by atoms with van der Waals surface area (Å²) in [7, 11) is -2.14. The molecular formula is C13H6F5S+. The molecule has 0 unspecified atom stereocenters. The largest absolute Gasteiger partial charge is 0.601 e. The number of hydrogen-bond donors (Lipinski definition) is 0. The molecule has 0 aliphatic heterocycles. The number of hydrogen-bond acceptors (Lipinski definition) is 0. The van der Waals surface area contributed by atoms with E-state index in [0.717, 1.165) is 36.4 Å². The van der Waals surface area contributed by atoms with Gasteiger partial charge in [-0.25, -0.2) is 8.78 Å². The molecule has 0 nitrogen and oxygen atoms in total. The van der Waals surface area contributed by atoms with E-state index in [1.807, 2.05) is 0 Å². The van der Waals surface area contributed by atoms with Gasteiger partial charge in [-0.2, -0.15) is 0 Å². The molecule has 0 amide bonds. The van der Waals surface area contributed by atoms with Crippen molar-refractivity contribution in [3.63, 3.8) is 0 Å². The van der Waals surface area contributed by atoms with Gasteiger partial charge in [-0.15, -0.1) is 13.2 Å². The average Bonchev–Trinajstić information content (AvgIpc) is 2.62. The zero-order chi connectivity index (χ0) is 13.8. The Morgan fingerprint density at radius 2 is 1.16 bits per heavy atom. The van der Waals surface area contributed by atoms with E-state index >= 15 is 0 Å². The summed E-state index contributed by atoms with van der Waals surface area (Å²) in [6.07, 6.45) is 0. The minimum absolute atomic E-state index is 0.00509. The van der Waals surface area contributed by atoms with E-state index in [0.29, 0.717) is 0 Å². The van der Waals surface area contributed by atoms with Gasteiger partial charge in [0.25, 0.3) is 0 Å². The fraction of sp³-hybridized carbons (Fsp3) is 0.0769. The van der Waals surface area contributed by atoms with Gasteiger partial charge < -0.3 is 0 Å². The summed E-state index contributed by atoms with van der Waals surface area (Å²) < 4.78 is 65.8. The number of alkyl halides is 3. The maximum absolute atomic E-state index is 13.2. The highest BCUT2D eigenvalue weighted by atomic mass is 32.2. The molecule has 0 aliphatic rings. The Labute approximate surface area is 107 Å². The summed E-state index contributed by atoms with van der Waals surface area (Å²) in [4.78, 5) is 0. The normalized spacial score (nSPS) is 12.5. The predicted molar refractivity (Wildman–Crippen MR) is 65.1 cm³/mol. The van der Waals surface area contributed by atoms with Gasteiger partial charge in [0.1, 0.15) is 22.1 Å². The van der Waals surface area contributed by atoms with E-state index in [-0.39, 0.29) is 20.2 Å². The quantitative estimate of drug-likeness (QED) is 0.379. The van der Waals surface area contributed by atoms with E-state index in [1.165, 1.54) is 0 Å². The van der Waals surface area contributed by atoms with Crippen LogP contribution in [0, 0.1) is 11.6 Å². The van der Waals surface area contributed by atoms with Crippen molar-refractivity contribution in [1.82, 2.24) is 0 Å². The highest BCUT2D eigenvalue weighted by molar-refractivity contribution is 7.43. The zero-order valence-electron chi connectivity index (χ0n) is 9.26. The molecule has 0 fully saturated rings. The number of rotatable bonds is 0. The van der Waals surface area contributed by atoms with E-state index in [2.05, 4.69) is 0 Å². The summed E-state index contributed by atoms with van der Waals surface area (Å²) in [5.41, 5.74) is -4.46. The third kappa shape index (κ3) is 1.87. The van der Waals surface area contributed by atoms with Crippen LogP contribution in [0.25, 0.3) is 20.2 Å². The van der Waals surface area contributed by atoms with E-state index in [9.17, 15) is 22.0 Å². The lowest BCUT2D eigenvalue weighted by molar-refractivity contribution is -0.0862. The monoisotopic (exact) mass is 289 g/mol. The van der Waals surface area contributed by atoms with Crippen molar-refractivity contribution in [2.45, 2.75) is 5.51 Å². The molecule has 0 atom stereocenters. The maximum atomic E-state index is 13.2. The Hall–Kier alpha value is -1.69. The van der Waals surface area contributed by atoms with Crippen LogP contribution in [0.3, 0.4) is 0 Å². The molecule has 98 valence electrons. The third-order valence-electron chi connectivity index (χ3n) is 2.84. The minimum Gasteiger partial charge on any atom is -0.207 e.